The number of nitrogens with zero attached hydrogens (tertiary/aromatic N) is 3. The molecule has 0 aliphatic heterocycles. The number of rotatable bonds is 5. The van der Waals surface area contributed by atoms with Crippen molar-refractivity contribution in [1.82, 2.24) is 15.0 Å². The summed E-state index contributed by atoms with van der Waals surface area (Å²) in [7, 11) is 1.76. The number of amides is 1. The zero-order valence-electron chi connectivity index (χ0n) is 10.8. The van der Waals surface area contributed by atoms with Crippen LogP contribution in [0.3, 0.4) is 0 Å². The number of hydrogen-bond acceptors (Lipinski definition) is 5. The highest BCUT2D eigenvalue weighted by atomic mass is 32.2. The fraction of sp³-hybridized carbons (Fsp3) is 0.308. The molecule has 0 fully saturated rings. The molecule has 19 heavy (non-hydrogen) atoms. The Bertz CT molecular complexity index is 516. The molecule has 100 valence electrons. The third kappa shape index (κ3) is 3.82. The zero-order valence-corrected chi connectivity index (χ0v) is 11.6. The Morgan fingerprint density at radius 2 is 2.32 bits per heavy atom. The van der Waals surface area contributed by atoms with Gasteiger partial charge in [0.1, 0.15) is 12.0 Å². The molecule has 1 amide bonds. The molecule has 2 aromatic heterocycles. The van der Waals surface area contributed by atoms with E-state index in [0.29, 0.717) is 6.54 Å². The summed E-state index contributed by atoms with van der Waals surface area (Å²) in [6.45, 7) is 2.32. The Morgan fingerprint density at radius 1 is 1.47 bits per heavy atom. The lowest BCUT2D eigenvalue weighted by Crippen LogP contribution is -2.32. The van der Waals surface area contributed by atoms with Gasteiger partial charge in [-0.15, -0.1) is 0 Å². The van der Waals surface area contributed by atoms with Gasteiger partial charge >= 0.3 is 0 Å². The van der Waals surface area contributed by atoms with Crippen LogP contribution in [0.1, 0.15) is 12.6 Å². The summed E-state index contributed by atoms with van der Waals surface area (Å²) in [4.78, 5) is 18.0. The summed E-state index contributed by atoms with van der Waals surface area (Å²) in [6, 6.07) is 7.41. The highest BCUT2D eigenvalue weighted by Gasteiger charge is 2.19. The van der Waals surface area contributed by atoms with Gasteiger partial charge < -0.3 is 9.42 Å². The normalized spacial score (nSPS) is 12.1. The molecule has 0 aromatic carbocycles. The number of aromatic nitrogens is 2. The second kappa shape index (κ2) is 6.38. The van der Waals surface area contributed by atoms with Gasteiger partial charge in [-0.1, -0.05) is 23.0 Å². The number of carbonyl (C=O) groups is 1. The van der Waals surface area contributed by atoms with Crippen LogP contribution in [0.2, 0.25) is 0 Å². The maximum atomic E-state index is 12.2. The molecule has 0 saturated heterocycles. The maximum absolute atomic E-state index is 12.2. The van der Waals surface area contributed by atoms with Crippen LogP contribution in [0.4, 0.5) is 0 Å². The molecule has 6 heteroatoms. The molecule has 0 saturated carbocycles. The maximum Gasteiger partial charge on any atom is 0.235 e. The second-order valence-electron chi connectivity index (χ2n) is 4.11. The van der Waals surface area contributed by atoms with Crippen LogP contribution < -0.4 is 0 Å². The van der Waals surface area contributed by atoms with Crippen molar-refractivity contribution in [3.63, 3.8) is 0 Å². The van der Waals surface area contributed by atoms with Crippen LogP contribution in [-0.4, -0.2) is 33.2 Å². The fourth-order valence-electron chi connectivity index (χ4n) is 1.60. The molecule has 0 N–H and O–H groups in total. The SMILES string of the molecule is C[C@@H](Sc1ccccn1)C(=O)N(C)Cc1ccon1. The van der Waals surface area contributed by atoms with E-state index in [1.165, 1.54) is 18.0 Å². The van der Waals surface area contributed by atoms with Gasteiger partial charge in [0.25, 0.3) is 0 Å². The number of thioether (sulfide) groups is 1. The van der Waals surface area contributed by atoms with Gasteiger partial charge in [0.15, 0.2) is 0 Å². The van der Waals surface area contributed by atoms with Gasteiger partial charge in [-0.2, -0.15) is 0 Å². The van der Waals surface area contributed by atoms with Crippen molar-refractivity contribution in [2.24, 2.45) is 0 Å². The standard InChI is InChI=1S/C13H15N3O2S/c1-10(19-12-5-3-4-7-14-12)13(17)16(2)9-11-6-8-18-15-11/h3-8,10H,9H2,1-2H3/t10-/m1/s1. The van der Waals surface area contributed by atoms with E-state index in [-0.39, 0.29) is 11.2 Å². The molecule has 0 radical (unpaired) electrons. The van der Waals surface area contributed by atoms with Gasteiger partial charge in [-0.3, -0.25) is 4.79 Å². The molecule has 0 aliphatic rings. The molecule has 2 heterocycles. The molecular weight excluding hydrogens is 262 g/mol. The third-order valence-corrected chi connectivity index (χ3v) is 3.59. The Balaban J connectivity index is 1.91. The summed E-state index contributed by atoms with van der Waals surface area (Å²) >= 11 is 1.45. The average Bonchev–Trinajstić information content (AvgIpc) is 2.91. The van der Waals surface area contributed by atoms with Gasteiger partial charge in [-0.25, -0.2) is 4.98 Å². The minimum Gasteiger partial charge on any atom is -0.364 e. The zero-order chi connectivity index (χ0) is 13.7. The number of hydrogen-bond donors (Lipinski definition) is 0. The van der Waals surface area contributed by atoms with Crippen LogP contribution in [0.25, 0.3) is 0 Å². The topological polar surface area (TPSA) is 59.2 Å². The first-order valence-electron chi connectivity index (χ1n) is 5.88. The first-order valence-corrected chi connectivity index (χ1v) is 6.76. The molecule has 2 rings (SSSR count). The van der Waals surface area contributed by atoms with Crippen LogP contribution in [-0.2, 0) is 11.3 Å². The fourth-order valence-corrected chi connectivity index (χ4v) is 2.52. The number of pyridine rings is 1. The summed E-state index contributed by atoms with van der Waals surface area (Å²) in [5.74, 6) is 0.0404. The lowest BCUT2D eigenvalue weighted by molar-refractivity contribution is -0.129. The monoisotopic (exact) mass is 277 g/mol. The predicted molar refractivity (Wildman–Crippen MR) is 72.5 cm³/mol. The highest BCUT2D eigenvalue weighted by Crippen LogP contribution is 2.22. The molecule has 2 aromatic rings. The lowest BCUT2D eigenvalue weighted by Gasteiger charge is -2.19. The second-order valence-corrected chi connectivity index (χ2v) is 5.47. The molecule has 5 nitrogen and oxygen atoms in total. The Hall–Kier alpha value is -1.82. The molecular formula is C13H15N3O2S. The first kappa shape index (κ1) is 13.6. The van der Waals surface area contributed by atoms with Crippen LogP contribution in [0, 0.1) is 0 Å². The van der Waals surface area contributed by atoms with Gasteiger partial charge in [0, 0.05) is 19.3 Å². The summed E-state index contributed by atoms with van der Waals surface area (Å²) in [5, 5.41) is 4.45. The van der Waals surface area contributed by atoms with Crippen molar-refractivity contribution in [2.75, 3.05) is 7.05 Å². The van der Waals surface area contributed by atoms with Crippen LogP contribution in [0.15, 0.2) is 46.3 Å². The van der Waals surface area contributed by atoms with E-state index >= 15 is 0 Å². The summed E-state index contributed by atoms with van der Waals surface area (Å²) in [6.07, 6.45) is 3.22. The molecule has 0 bridgehead atoms. The van der Waals surface area contributed by atoms with Crippen LogP contribution in [0.5, 0.6) is 0 Å². The minimum absolute atomic E-state index is 0.0404. The smallest absolute Gasteiger partial charge is 0.235 e. The van der Waals surface area contributed by atoms with Crippen molar-refractivity contribution in [3.05, 3.63) is 42.4 Å². The van der Waals surface area contributed by atoms with Gasteiger partial charge in [0.05, 0.1) is 16.8 Å². The van der Waals surface area contributed by atoms with Crippen molar-refractivity contribution >= 4 is 17.7 Å². The van der Waals surface area contributed by atoms with E-state index < -0.39 is 0 Å². The van der Waals surface area contributed by atoms with Crippen molar-refractivity contribution in [2.45, 2.75) is 23.7 Å². The van der Waals surface area contributed by atoms with E-state index in [1.54, 1.807) is 24.2 Å². The molecule has 0 spiro atoms. The Morgan fingerprint density at radius 3 is 2.95 bits per heavy atom. The van der Waals surface area contributed by atoms with Gasteiger partial charge in [0.2, 0.25) is 5.91 Å². The highest BCUT2D eigenvalue weighted by molar-refractivity contribution is 8.00. The lowest BCUT2D eigenvalue weighted by atomic mass is 10.3. The number of carbonyl (C=O) groups excluding carboxylic acids is 1. The molecule has 1 atom stereocenters. The third-order valence-electron chi connectivity index (χ3n) is 2.55. The Labute approximate surface area is 116 Å². The van der Waals surface area contributed by atoms with Gasteiger partial charge in [-0.05, 0) is 19.1 Å². The van der Waals surface area contributed by atoms with Crippen molar-refractivity contribution in [1.29, 1.82) is 0 Å². The predicted octanol–water partition coefficient (Wildman–Crippen LogP) is 2.21. The van der Waals surface area contributed by atoms with Crippen LogP contribution >= 0.6 is 11.8 Å². The van der Waals surface area contributed by atoms with E-state index in [4.69, 9.17) is 4.52 Å². The van der Waals surface area contributed by atoms with E-state index in [0.717, 1.165) is 10.7 Å². The average molecular weight is 277 g/mol. The van der Waals surface area contributed by atoms with Crippen molar-refractivity contribution < 1.29 is 9.32 Å². The minimum atomic E-state index is -0.188. The molecule has 0 unspecified atom stereocenters. The van der Waals surface area contributed by atoms with Crippen molar-refractivity contribution in [3.8, 4) is 0 Å². The molecule has 0 aliphatic carbocycles. The largest absolute Gasteiger partial charge is 0.364 e. The quantitative estimate of drug-likeness (QED) is 0.784. The van der Waals surface area contributed by atoms with E-state index in [2.05, 4.69) is 10.1 Å². The Kier molecular flexibility index (Phi) is 4.57. The first-order chi connectivity index (χ1) is 9.16. The van der Waals surface area contributed by atoms with E-state index in [9.17, 15) is 4.79 Å². The summed E-state index contributed by atoms with van der Waals surface area (Å²) < 4.78 is 4.75. The summed E-state index contributed by atoms with van der Waals surface area (Å²) in [5.41, 5.74) is 0.742. The van der Waals surface area contributed by atoms with E-state index in [1.807, 2.05) is 25.1 Å².